The van der Waals surface area contributed by atoms with E-state index in [-0.39, 0.29) is 0 Å². The van der Waals surface area contributed by atoms with Gasteiger partial charge in [0.05, 0.1) is 0 Å². The smallest absolute Gasteiger partial charge is 0.142 e. The minimum absolute atomic E-state index is 1.000. The first-order valence-electron chi connectivity index (χ1n) is 12.3. The van der Waals surface area contributed by atoms with Crippen LogP contribution in [-0.4, -0.2) is 0 Å². The van der Waals surface area contributed by atoms with Crippen molar-refractivity contribution in [1.82, 2.24) is 0 Å². The van der Waals surface area contributed by atoms with Crippen LogP contribution >= 0.6 is 0 Å². The summed E-state index contributed by atoms with van der Waals surface area (Å²) in [6.45, 7) is 0. The van der Waals surface area contributed by atoms with Crippen molar-refractivity contribution >= 4 is 49.4 Å². The van der Waals surface area contributed by atoms with Crippen LogP contribution in [0.15, 0.2) is 108 Å². The lowest BCUT2D eigenvalue weighted by molar-refractivity contribution is 0.596. The third-order valence-corrected chi connectivity index (χ3v) is 7.72. The lowest BCUT2D eigenvalue weighted by Gasteiger charge is -2.14. The Hall–Kier alpha value is -4.36. The van der Waals surface area contributed by atoms with Crippen molar-refractivity contribution in [2.24, 2.45) is 0 Å². The fraction of sp³-hybridized carbons (Fsp3) is 0.0588. The summed E-state index contributed by atoms with van der Waals surface area (Å²) in [5, 5.41) is 9.19. The Balaban J connectivity index is 1.29. The van der Waals surface area contributed by atoms with Crippen LogP contribution in [0.4, 0.5) is 0 Å². The maximum Gasteiger partial charge on any atom is 0.142 e. The molecule has 6 aromatic carbocycles. The highest BCUT2D eigenvalue weighted by Crippen LogP contribution is 2.41. The number of hydrogen-bond acceptors (Lipinski definition) is 1. The van der Waals surface area contributed by atoms with Gasteiger partial charge in [-0.25, -0.2) is 0 Å². The molecule has 7 aromatic rings. The predicted molar refractivity (Wildman–Crippen MR) is 148 cm³/mol. The average molecular weight is 447 g/mol. The summed E-state index contributed by atoms with van der Waals surface area (Å²) in [5.41, 5.74) is 7.20. The number of allylic oxidation sites excluding steroid dienone is 1. The summed E-state index contributed by atoms with van der Waals surface area (Å²) >= 11 is 0. The molecule has 35 heavy (non-hydrogen) atoms. The zero-order valence-electron chi connectivity index (χ0n) is 19.2. The van der Waals surface area contributed by atoms with Crippen LogP contribution in [0.25, 0.3) is 71.6 Å². The molecule has 1 heteroatoms. The van der Waals surface area contributed by atoms with Gasteiger partial charge in [-0.15, -0.1) is 0 Å². The maximum absolute atomic E-state index is 6.33. The summed E-state index contributed by atoms with van der Waals surface area (Å²) in [4.78, 5) is 0. The minimum Gasteiger partial charge on any atom is -0.456 e. The van der Waals surface area contributed by atoms with E-state index in [1.165, 1.54) is 60.0 Å². The van der Waals surface area contributed by atoms with Crippen molar-refractivity contribution in [3.8, 4) is 22.3 Å². The summed E-state index contributed by atoms with van der Waals surface area (Å²) in [7, 11) is 0. The normalized spacial score (nSPS) is 13.4. The number of rotatable bonds is 2. The van der Waals surface area contributed by atoms with E-state index >= 15 is 0 Å². The molecule has 1 aliphatic rings. The van der Waals surface area contributed by atoms with Crippen molar-refractivity contribution in [2.75, 3.05) is 0 Å². The van der Waals surface area contributed by atoms with Crippen LogP contribution < -0.4 is 0 Å². The van der Waals surface area contributed by atoms with Crippen molar-refractivity contribution in [3.63, 3.8) is 0 Å². The number of benzene rings is 6. The molecule has 164 valence electrons. The molecule has 1 aliphatic carbocycles. The molecule has 0 bridgehead atoms. The van der Waals surface area contributed by atoms with Gasteiger partial charge in [-0.1, -0.05) is 103 Å². The predicted octanol–water partition coefficient (Wildman–Crippen LogP) is 9.62. The molecule has 1 nitrogen and oxygen atoms in total. The summed E-state index contributed by atoms with van der Waals surface area (Å²) in [6.07, 6.45) is 6.46. The fourth-order valence-electron chi connectivity index (χ4n) is 6.04. The van der Waals surface area contributed by atoms with Gasteiger partial charge in [0.1, 0.15) is 11.3 Å². The largest absolute Gasteiger partial charge is 0.456 e. The molecule has 8 rings (SSSR count). The van der Waals surface area contributed by atoms with Gasteiger partial charge in [0.15, 0.2) is 0 Å². The van der Waals surface area contributed by atoms with E-state index in [1.54, 1.807) is 0 Å². The quantitative estimate of drug-likeness (QED) is 0.241. The van der Waals surface area contributed by atoms with E-state index in [0.717, 1.165) is 29.7 Å². The van der Waals surface area contributed by atoms with Crippen LogP contribution in [0.3, 0.4) is 0 Å². The third-order valence-electron chi connectivity index (χ3n) is 7.72. The molecular formula is C34H22O. The van der Waals surface area contributed by atoms with Crippen LogP contribution in [0.1, 0.15) is 17.7 Å². The van der Waals surface area contributed by atoms with Crippen molar-refractivity contribution in [2.45, 2.75) is 12.8 Å². The number of fused-ring (bicyclic) bond motifs is 3. The van der Waals surface area contributed by atoms with E-state index in [9.17, 15) is 0 Å². The summed E-state index contributed by atoms with van der Waals surface area (Å²) in [5.74, 6) is 1.02. The lowest BCUT2D eigenvalue weighted by atomic mass is 9.89. The SMILES string of the molecule is C1=Cc2oc3c(-c4ccc(-c5ccc6ccc7cccc8ccc5c6c78)cc4)cccc3c2CC1. The minimum atomic E-state index is 1.000. The van der Waals surface area contributed by atoms with Crippen LogP contribution in [0.2, 0.25) is 0 Å². The topological polar surface area (TPSA) is 13.1 Å². The standard InChI is InChI=1S/C34H22O/c1-2-10-31-28(7-1)30-9-4-8-27(34(30)35-31)22-13-11-21(12-14-22)26-19-17-25-16-15-23-5-3-6-24-18-20-29(26)33(25)32(23)24/h2-6,8-20H,1,7H2. The summed E-state index contributed by atoms with van der Waals surface area (Å²) in [6, 6.07) is 35.6. The summed E-state index contributed by atoms with van der Waals surface area (Å²) < 4.78 is 6.33. The van der Waals surface area contributed by atoms with Gasteiger partial charge in [-0.05, 0) is 67.9 Å². The number of furan rings is 1. The molecule has 0 fully saturated rings. The molecule has 0 aliphatic heterocycles. The number of para-hydroxylation sites is 1. The maximum atomic E-state index is 6.33. The first kappa shape index (κ1) is 19.0. The second-order valence-electron chi connectivity index (χ2n) is 9.61. The van der Waals surface area contributed by atoms with Gasteiger partial charge in [0, 0.05) is 16.5 Å². The Bertz CT molecular complexity index is 1920. The number of aryl methyl sites for hydroxylation is 1. The monoisotopic (exact) mass is 446 g/mol. The fourth-order valence-corrected chi connectivity index (χ4v) is 6.04. The van der Waals surface area contributed by atoms with E-state index in [1.807, 2.05) is 0 Å². The highest BCUT2D eigenvalue weighted by molar-refractivity contribution is 6.25. The molecular weight excluding hydrogens is 424 g/mol. The van der Waals surface area contributed by atoms with Gasteiger partial charge in [-0.2, -0.15) is 0 Å². The Kier molecular flexibility index (Phi) is 3.84. The number of hydrogen-bond donors (Lipinski definition) is 0. The van der Waals surface area contributed by atoms with E-state index in [4.69, 9.17) is 4.42 Å². The van der Waals surface area contributed by atoms with Gasteiger partial charge in [0.25, 0.3) is 0 Å². The van der Waals surface area contributed by atoms with Gasteiger partial charge >= 0.3 is 0 Å². The third kappa shape index (κ3) is 2.70. The van der Waals surface area contributed by atoms with Gasteiger partial charge in [-0.3, -0.25) is 0 Å². The molecule has 0 radical (unpaired) electrons. The highest BCUT2D eigenvalue weighted by atomic mass is 16.3. The molecule has 0 spiro atoms. The molecule has 0 unspecified atom stereocenters. The van der Waals surface area contributed by atoms with Crippen LogP contribution in [-0.2, 0) is 6.42 Å². The van der Waals surface area contributed by atoms with Gasteiger partial charge in [0.2, 0.25) is 0 Å². The Morgan fingerprint density at radius 3 is 2.06 bits per heavy atom. The van der Waals surface area contributed by atoms with Gasteiger partial charge < -0.3 is 4.42 Å². The Morgan fingerprint density at radius 2 is 1.23 bits per heavy atom. The van der Waals surface area contributed by atoms with Crippen LogP contribution in [0.5, 0.6) is 0 Å². The zero-order chi connectivity index (χ0) is 22.9. The molecule has 0 atom stereocenters. The first-order valence-corrected chi connectivity index (χ1v) is 12.3. The second-order valence-corrected chi connectivity index (χ2v) is 9.61. The average Bonchev–Trinajstić information content (AvgIpc) is 3.31. The first-order chi connectivity index (χ1) is 17.3. The molecule has 0 N–H and O–H groups in total. The molecule has 1 aromatic heterocycles. The highest BCUT2D eigenvalue weighted by Gasteiger charge is 2.18. The van der Waals surface area contributed by atoms with E-state index < -0.39 is 0 Å². The lowest BCUT2D eigenvalue weighted by Crippen LogP contribution is -1.89. The second kappa shape index (κ2) is 7.07. The van der Waals surface area contributed by atoms with E-state index in [2.05, 4.69) is 109 Å². The molecule has 1 heterocycles. The zero-order valence-corrected chi connectivity index (χ0v) is 19.2. The van der Waals surface area contributed by atoms with Crippen LogP contribution in [0, 0.1) is 0 Å². The van der Waals surface area contributed by atoms with E-state index in [0.29, 0.717) is 0 Å². The molecule has 0 saturated heterocycles. The van der Waals surface area contributed by atoms with Crippen molar-refractivity contribution < 1.29 is 4.42 Å². The Morgan fingerprint density at radius 1 is 0.543 bits per heavy atom. The molecule has 0 amide bonds. The Labute approximate surface area is 203 Å². The van der Waals surface area contributed by atoms with Crippen molar-refractivity contribution in [3.05, 3.63) is 114 Å². The van der Waals surface area contributed by atoms with Crippen molar-refractivity contribution in [1.29, 1.82) is 0 Å². The molecule has 0 saturated carbocycles.